The van der Waals surface area contributed by atoms with E-state index in [1.165, 1.54) is 16.8 Å². The number of hydrogen-bond donors (Lipinski definition) is 1. The van der Waals surface area contributed by atoms with Gasteiger partial charge in [-0.1, -0.05) is 13.8 Å². The van der Waals surface area contributed by atoms with Gasteiger partial charge >= 0.3 is 5.97 Å². The van der Waals surface area contributed by atoms with Gasteiger partial charge < -0.3 is 5.11 Å². The first kappa shape index (κ1) is 12.2. The average Bonchev–Trinajstić information content (AvgIpc) is 2.78. The second-order valence-electron chi connectivity index (χ2n) is 4.07. The van der Waals surface area contributed by atoms with Gasteiger partial charge in [0.05, 0.1) is 11.3 Å². The molecule has 6 nitrogen and oxygen atoms in total. The van der Waals surface area contributed by atoms with Crippen molar-refractivity contribution < 1.29 is 14.3 Å². The van der Waals surface area contributed by atoms with Crippen molar-refractivity contribution in [3.63, 3.8) is 0 Å². The Bertz CT molecular complexity index is 594. The molecule has 0 amide bonds. The highest BCUT2D eigenvalue weighted by molar-refractivity contribution is 5.88. The predicted octanol–water partition coefficient (Wildman–Crippen LogP) is 1.62. The van der Waals surface area contributed by atoms with Gasteiger partial charge in [-0.15, -0.1) is 5.10 Å². The van der Waals surface area contributed by atoms with E-state index in [2.05, 4.69) is 15.5 Å². The number of benzene rings is 1. The van der Waals surface area contributed by atoms with E-state index in [0.717, 1.165) is 6.07 Å². The van der Waals surface area contributed by atoms with Crippen LogP contribution in [0.4, 0.5) is 4.39 Å². The maximum Gasteiger partial charge on any atom is 0.338 e. The first-order chi connectivity index (χ1) is 8.50. The molecule has 1 heterocycles. The van der Waals surface area contributed by atoms with E-state index >= 15 is 0 Å². The lowest BCUT2D eigenvalue weighted by Gasteiger charge is -2.07. The van der Waals surface area contributed by atoms with Crippen LogP contribution in [0, 0.1) is 5.82 Å². The Balaban J connectivity index is 2.54. The zero-order valence-electron chi connectivity index (χ0n) is 9.83. The molecule has 0 bridgehead atoms. The number of tetrazole rings is 1. The Kier molecular flexibility index (Phi) is 3.05. The van der Waals surface area contributed by atoms with Crippen LogP contribution in [-0.4, -0.2) is 31.3 Å². The third kappa shape index (κ3) is 2.06. The Morgan fingerprint density at radius 1 is 1.44 bits per heavy atom. The summed E-state index contributed by atoms with van der Waals surface area (Å²) in [6, 6.07) is 3.73. The van der Waals surface area contributed by atoms with E-state index in [1.54, 1.807) is 0 Å². The van der Waals surface area contributed by atoms with Gasteiger partial charge in [0.25, 0.3) is 0 Å². The monoisotopic (exact) mass is 250 g/mol. The second kappa shape index (κ2) is 4.52. The molecule has 18 heavy (non-hydrogen) atoms. The lowest BCUT2D eigenvalue weighted by atomic mass is 10.1. The van der Waals surface area contributed by atoms with Crippen LogP contribution in [0.15, 0.2) is 18.2 Å². The molecule has 0 fully saturated rings. The van der Waals surface area contributed by atoms with Crippen molar-refractivity contribution in [2.24, 2.45) is 0 Å². The normalized spacial score (nSPS) is 10.9. The van der Waals surface area contributed by atoms with E-state index in [1.807, 2.05) is 13.8 Å². The fraction of sp³-hybridized carbons (Fsp3) is 0.273. The molecule has 0 aliphatic heterocycles. The fourth-order valence-corrected chi connectivity index (χ4v) is 1.55. The second-order valence-corrected chi connectivity index (χ2v) is 4.07. The van der Waals surface area contributed by atoms with Gasteiger partial charge in [-0.05, 0) is 28.6 Å². The highest BCUT2D eigenvalue weighted by Gasteiger charge is 2.16. The van der Waals surface area contributed by atoms with Gasteiger partial charge in [0.2, 0.25) is 0 Å². The topological polar surface area (TPSA) is 80.9 Å². The van der Waals surface area contributed by atoms with Crippen molar-refractivity contribution in [1.29, 1.82) is 0 Å². The standard InChI is InChI=1S/C11H11FN4O2/c1-6(2)10-13-14-15-16(10)7-3-4-9(12)8(5-7)11(17)18/h3-6H,1-2H3,(H,17,18). The number of nitrogens with zero attached hydrogens (tertiary/aromatic N) is 4. The van der Waals surface area contributed by atoms with Crippen molar-refractivity contribution in [3.8, 4) is 5.69 Å². The number of rotatable bonds is 3. The molecular weight excluding hydrogens is 239 g/mol. The molecule has 0 saturated carbocycles. The number of carboxylic acids is 1. The van der Waals surface area contributed by atoms with Crippen LogP contribution in [-0.2, 0) is 0 Å². The number of aromatic nitrogens is 4. The summed E-state index contributed by atoms with van der Waals surface area (Å²) in [5, 5.41) is 20.0. The Morgan fingerprint density at radius 2 is 2.17 bits per heavy atom. The first-order valence-electron chi connectivity index (χ1n) is 5.32. The molecule has 94 valence electrons. The number of aromatic carboxylic acids is 1. The quantitative estimate of drug-likeness (QED) is 0.895. The van der Waals surface area contributed by atoms with Gasteiger partial charge in [0.15, 0.2) is 5.82 Å². The summed E-state index contributed by atoms with van der Waals surface area (Å²) in [4.78, 5) is 10.9. The van der Waals surface area contributed by atoms with E-state index < -0.39 is 17.3 Å². The molecule has 1 aromatic heterocycles. The molecule has 0 spiro atoms. The lowest BCUT2D eigenvalue weighted by Crippen LogP contribution is -2.08. The lowest BCUT2D eigenvalue weighted by molar-refractivity contribution is 0.0692. The first-order valence-corrected chi connectivity index (χ1v) is 5.32. The van der Waals surface area contributed by atoms with E-state index in [4.69, 9.17) is 5.11 Å². The molecule has 0 unspecified atom stereocenters. The summed E-state index contributed by atoms with van der Waals surface area (Å²) < 4.78 is 14.7. The summed E-state index contributed by atoms with van der Waals surface area (Å²) in [5.41, 5.74) is 0.0141. The van der Waals surface area contributed by atoms with Crippen molar-refractivity contribution >= 4 is 5.97 Å². The minimum atomic E-state index is -1.33. The summed E-state index contributed by atoms with van der Waals surface area (Å²) in [6.45, 7) is 3.81. The SMILES string of the molecule is CC(C)c1nnnn1-c1ccc(F)c(C(=O)O)c1. The van der Waals surface area contributed by atoms with Gasteiger partial charge in [-0.2, -0.15) is 4.68 Å². The van der Waals surface area contributed by atoms with Crippen LogP contribution < -0.4 is 0 Å². The number of halogens is 1. The molecule has 1 N–H and O–H groups in total. The van der Waals surface area contributed by atoms with Gasteiger partial charge in [0.1, 0.15) is 5.82 Å². The maximum absolute atomic E-state index is 13.3. The summed E-state index contributed by atoms with van der Waals surface area (Å²) in [6.07, 6.45) is 0. The predicted molar refractivity (Wildman–Crippen MR) is 60.2 cm³/mol. The van der Waals surface area contributed by atoms with Crippen LogP contribution in [0.3, 0.4) is 0 Å². The smallest absolute Gasteiger partial charge is 0.338 e. The number of hydrogen-bond acceptors (Lipinski definition) is 4. The van der Waals surface area contributed by atoms with Gasteiger partial charge in [-0.3, -0.25) is 0 Å². The minimum absolute atomic E-state index is 0.0679. The molecular formula is C11H11FN4O2. The number of carboxylic acid groups (broad SMARTS) is 1. The zero-order chi connectivity index (χ0) is 13.3. The molecule has 7 heteroatoms. The molecule has 1 aromatic carbocycles. The van der Waals surface area contributed by atoms with Crippen molar-refractivity contribution in [1.82, 2.24) is 20.2 Å². The van der Waals surface area contributed by atoms with Crippen LogP contribution >= 0.6 is 0 Å². The van der Waals surface area contributed by atoms with Gasteiger partial charge in [0, 0.05) is 5.92 Å². The third-order valence-corrected chi connectivity index (χ3v) is 2.43. The minimum Gasteiger partial charge on any atom is -0.478 e. The van der Waals surface area contributed by atoms with Crippen LogP contribution in [0.1, 0.15) is 35.9 Å². The zero-order valence-corrected chi connectivity index (χ0v) is 9.83. The van der Waals surface area contributed by atoms with Crippen molar-refractivity contribution in [2.45, 2.75) is 19.8 Å². The molecule has 2 rings (SSSR count). The Hall–Kier alpha value is -2.31. The van der Waals surface area contributed by atoms with E-state index in [-0.39, 0.29) is 5.92 Å². The van der Waals surface area contributed by atoms with Gasteiger partial charge in [-0.25, -0.2) is 9.18 Å². The molecule has 0 radical (unpaired) electrons. The largest absolute Gasteiger partial charge is 0.478 e. The number of carbonyl (C=O) groups is 1. The van der Waals surface area contributed by atoms with Crippen LogP contribution in [0.2, 0.25) is 0 Å². The molecule has 0 atom stereocenters. The van der Waals surface area contributed by atoms with Crippen LogP contribution in [0.5, 0.6) is 0 Å². The highest BCUT2D eigenvalue weighted by Crippen LogP contribution is 2.18. The van der Waals surface area contributed by atoms with Crippen molar-refractivity contribution in [3.05, 3.63) is 35.4 Å². The fourth-order valence-electron chi connectivity index (χ4n) is 1.55. The third-order valence-electron chi connectivity index (χ3n) is 2.43. The molecule has 0 aliphatic rings. The Morgan fingerprint density at radius 3 is 2.78 bits per heavy atom. The molecule has 0 aliphatic carbocycles. The van der Waals surface area contributed by atoms with E-state index in [0.29, 0.717) is 11.5 Å². The summed E-state index contributed by atoms with van der Waals surface area (Å²) in [5.74, 6) is -1.46. The van der Waals surface area contributed by atoms with Crippen LogP contribution in [0.25, 0.3) is 5.69 Å². The average molecular weight is 250 g/mol. The van der Waals surface area contributed by atoms with Crippen molar-refractivity contribution in [2.75, 3.05) is 0 Å². The Labute approximate surface area is 102 Å². The molecule has 0 saturated heterocycles. The summed E-state index contributed by atoms with van der Waals surface area (Å²) in [7, 11) is 0. The molecule has 2 aromatic rings. The maximum atomic E-state index is 13.3. The van der Waals surface area contributed by atoms with E-state index in [9.17, 15) is 9.18 Å². The summed E-state index contributed by atoms with van der Waals surface area (Å²) >= 11 is 0. The highest BCUT2D eigenvalue weighted by atomic mass is 19.1.